The molecule has 0 saturated heterocycles. The monoisotopic (exact) mass is 482 g/mol. The molecule has 1 N–H and O–H groups in total. The van der Waals surface area contributed by atoms with Gasteiger partial charge >= 0.3 is 0 Å². The fraction of sp³-hybridized carbons (Fsp3) is 0.143. The van der Waals surface area contributed by atoms with Crippen LogP contribution in [-0.2, 0) is 6.54 Å². The van der Waals surface area contributed by atoms with E-state index in [1.165, 1.54) is 25.1 Å². The van der Waals surface area contributed by atoms with E-state index in [-0.39, 0.29) is 29.1 Å². The van der Waals surface area contributed by atoms with Crippen molar-refractivity contribution in [1.82, 2.24) is 14.3 Å². The van der Waals surface area contributed by atoms with E-state index in [4.69, 9.17) is 0 Å². The van der Waals surface area contributed by atoms with E-state index in [1.54, 1.807) is 29.1 Å². The highest BCUT2D eigenvalue weighted by atomic mass is 19.1. The molecule has 0 aliphatic heterocycles. The zero-order valence-electron chi connectivity index (χ0n) is 19.8. The van der Waals surface area contributed by atoms with E-state index in [0.717, 1.165) is 10.3 Å². The van der Waals surface area contributed by atoms with Gasteiger partial charge in [-0.25, -0.2) is 9.07 Å². The number of hydrogen-bond acceptors (Lipinski definition) is 5. The molecule has 2 aromatic heterocycles. The Kier molecular flexibility index (Phi) is 6.93. The predicted octanol–water partition coefficient (Wildman–Crippen LogP) is 5.03. The molecular weight excluding hydrogens is 459 g/mol. The van der Waals surface area contributed by atoms with Crippen LogP contribution in [0, 0.1) is 24.1 Å². The molecular formula is C28H23FN4O3. The Bertz CT molecular complexity index is 1560. The van der Waals surface area contributed by atoms with Gasteiger partial charge in [0.2, 0.25) is 5.88 Å². The number of aromatic nitrogens is 3. The van der Waals surface area contributed by atoms with E-state index in [9.17, 15) is 24.3 Å². The minimum atomic E-state index is -0.627. The van der Waals surface area contributed by atoms with Crippen molar-refractivity contribution in [2.75, 3.05) is 0 Å². The maximum absolute atomic E-state index is 13.5. The first-order chi connectivity index (χ1) is 17.3. The fourth-order valence-corrected chi connectivity index (χ4v) is 3.98. The van der Waals surface area contributed by atoms with Crippen molar-refractivity contribution in [3.8, 4) is 28.9 Å². The number of halogens is 1. The quantitative estimate of drug-likeness (QED) is 0.294. The molecule has 180 valence electrons. The van der Waals surface area contributed by atoms with Crippen LogP contribution in [0.15, 0.2) is 71.7 Å². The molecule has 0 unspecified atom stereocenters. The summed E-state index contributed by atoms with van der Waals surface area (Å²) in [6.45, 7) is 3.46. The first kappa shape index (κ1) is 24.4. The summed E-state index contributed by atoms with van der Waals surface area (Å²) < 4.78 is 16.2. The predicted molar refractivity (Wildman–Crippen MR) is 134 cm³/mol. The summed E-state index contributed by atoms with van der Waals surface area (Å²) in [7, 11) is 0. The highest BCUT2D eigenvalue weighted by Gasteiger charge is 2.22. The Hall–Kier alpha value is -4.77. The molecule has 0 amide bonds. The second-order valence-corrected chi connectivity index (χ2v) is 8.18. The molecule has 4 aromatic rings. The van der Waals surface area contributed by atoms with Crippen molar-refractivity contribution in [3.05, 3.63) is 105 Å². The number of aromatic hydroxyl groups is 1. The smallest absolute Gasteiger partial charge is 0.271 e. The summed E-state index contributed by atoms with van der Waals surface area (Å²) in [5.74, 6) is -1.41. The van der Waals surface area contributed by atoms with Gasteiger partial charge < -0.3 is 5.11 Å². The maximum Gasteiger partial charge on any atom is 0.271 e. The lowest BCUT2D eigenvalue weighted by atomic mass is 10.0. The van der Waals surface area contributed by atoms with Crippen molar-refractivity contribution in [1.29, 1.82) is 5.26 Å². The van der Waals surface area contributed by atoms with Gasteiger partial charge in [0.15, 0.2) is 5.78 Å². The Morgan fingerprint density at radius 1 is 1.17 bits per heavy atom. The molecule has 2 aromatic carbocycles. The van der Waals surface area contributed by atoms with E-state index >= 15 is 0 Å². The largest absolute Gasteiger partial charge is 0.494 e. The van der Waals surface area contributed by atoms with Crippen LogP contribution in [0.5, 0.6) is 5.88 Å². The third-order valence-corrected chi connectivity index (χ3v) is 5.79. The number of carbonyl (C=O) groups is 1. The van der Waals surface area contributed by atoms with Crippen LogP contribution < -0.4 is 5.56 Å². The molecule has 0 aliphatic carbocycles. The number of allylic oxidation sites excluding steroid dienone is 1. The van der Waals surface area contributed by atoms with Crippen molar-refractivity contribution >= 4 is 11.9 Å². The standard InChI is InChI=1S/C28H23FN4O3/c1-3-15-32-27(35)23(16-30)18(2)25(28(32)36)24(34)14-11-20-17-33(22-7-5-4-6-8-22)31-26(20)19-9-12-21(29)13-10-19/h4-14,17,36H,3,15H2,1-2H3/b14-11+. The minimum absolute atomic E-state index is 0.102. The number of ketones is 1. The summed E-state index contributed by atoms with van der Waals surface area (Å²) in [5, 5.41) is 24.8. The number of pyridine rings is 1. The zero-order chi connectivity index (χ0) is 25.8. The molecule has 0 atom stereocenters. The highest BCUT2D eigenvalue weighted by molar-refractivity contribution is 6.09. The first-order valence-corrected chi connectivity index (χ1v) is 11.4. The first-order valence-electron chi connectivity index (χ1n) is 11.4. The molecule has 4 rings (SSSR count). The van der Waals surface area contributed by atoms with E-state index in [2.05, 4.69) is 5.10 Å². The van der Waals surface area contributed by atoms with Crippen LogP contribution >= 0.6 is 0 Å². The van der Waals surface area contributed by atoms with Gasteiger partial charge in [0.05, 0.1) is 16.9 Å². The summed E-state index contributed by atoms with van der Waals surface area (Å²) in [6.07, 6.45) is 5.09. The molecule has 0 saturated carbocycles. The SMILES string of the molecule is CCCn1c(O)c(C(=O)/C=C/c2cn(-c3ccccc3)nc2-c2ccc(F)cc2)c(C)c(C#N)c1=O. The van der Waals surface area contributed by atoms with Gasteiger partial charge in [-0.3, -0.25) is 14.2 Å². The average Bonchev–Trinajstić information content (AvgIpc) is 3.31. The number of para-hydroxylation sites is 1. The molecule has 36 heavy (non-hydrogen) atoms. The van der Waals surface area contributed by atoms with Crippen LogP contribution in [0.1, 0.15) is 40.4 Å². The fourth-order valence-electron chi connectivity index (χ4n) is 3.98. The van der Waals surface area contributed by atoms with Crippen molar-refractivity contribution < 1.29 is 14.3 Å². The van der Waals surface area contributed by atoms with Gasteiger partial charge in [0.25, 0.3) is 5.56 Å². The average molecular weight is 483 g/mol. The van der Waals surface area contributed by atoms with Crippen LogP contribution in [0.3, 0.4) is 0 Å². The Morgan fingerprint density at radius 2 is 1.86 bits per heavy atom. The van der Waals surface area contributed by atoms with Gasteiger partial charge in [-0.15, -0.1) is 0 Å². The second-order valence-electron chi connectivity index (χ2n) is 8.18. The molecule has 0 bridgehead atoms. The normalized spacial score (nSPS) is 11.1. The lowest BCUT2D eigenvalue weighted by Gasteiger charge is -2.13. The summed E-state index contributed by atoms with van der Waals surface area (Å²) in [4.78, 5) is 25.8. The Labute approximate surface area is 207 Å². The molecule has 0 spiro atoms. The molecule has 0 aliphatic rings. The van der Waals surface area contributed by atoms with Gasteiger partial charge in [-0.05, 0) is 67.5 Å². The summed E-state index contributed by atoms with van der Waals surface area (Å²) in [5.41, 5.74) is 1.77. The lowest BCUT2D eigenvalue weighted by molar-refractivity contribution is 0.104. The van der Waals surface area contributed by atoms with E-state index in [0.29, 0.717) is 23.2 Å². The lowest BCUT2D eigenvalue weighted by Crippen LogP contribution is -2.26. The third-order valence-electron chi connectivity index (χ3n) is 5.79. The van der Waals surface area contributed by atoms with Crippen LogP contribution in [0.2, 0.25) is 0 Å². The minimum Gasteiger partial charge on any atom is -0.494 e. The highest BCUT2D eigenvalue weighted by Crippen LogP contribution is 2.27. The van der Waals surface area contributed by atoms with Gasteiger partial charge in [0, 0.05) is 23.9 Å². The topological polar surface area (TPSA) is 101 Å². The van der Waals surface area contributed by atoms with Gasteiger partial charge in [-0.2, -0.15) is 10.4 Å². The Morgan fingerprint density at radius 3 is 2.50 bits per heavy atom. The van der Waals surface area contributed by atoms with Crippen molar-refractivity contribution in [2.24, 2.45) is 0 Å². The third kappa shape index (κ3) is 4.59. The molecule has 2 heterocycles. The van der Waals surface area contributed by atoms with Crippen LogP contribution in [-0.4, -0.2) is 25.2 Å². The van der Waals surface area contributed by atoms with Gasteiger partial charge in [-0.1, -0.05) is 25.1 Å². The molecule has 0 radical (unpaired) electrons. The van der Waals surface area contributed by atoms with Crippen LogP contribution in [0.4, 0.5) is 4.39 Å². The maximum atomic E-state index is 13.5. The zero-order valence-corrected chi connectivity index (χ0v) is 19.8. The van der Waals surface area contributed by atoms with Crippen molar-refractivity contribution in [2.45, 2.75) is 26.8 Å². The van der Waals surface area contributed by atoms with E-state index < -0.39 is 17.2 Å². The number of hydrogen-bond donors (Lipinski definition) is 1. The summed E-state index contributed by atoms with van der Waals surface area (Å²) >= 11 is 0. The Balaban J connectivity index is 1.81. The van der Waals surface area contributed by atoms with Gasteiger partial charge in [0.1, 0.15) is 17.4 Å². The number of carbonyl (C=O) groups excluding carboxylic acids is 1. The number of nitrogens with zero attached hydrogens (tertiary/aromatic N) is 4. The molecule has 7 nitrogen and oxygen atoms in total. The second kappa shape index (κ2) is 10.2. The van der Waals surface area contributed by atoms with Crippen molar-refractivity contribution in [3.63, 3.8) is 0 Å². The number of nitriles is 1. The van der Waals surface area contributed by atoms with Crippen LogP contribution in [0.25, 0.3) is 23.0 Å². The molecule has 8 heteroatoms. The number of benzene rings is 2. The molecule has 0 fully saturated rings. The summed E-state index contributed by atoms with van der Waals surface area (Å²) in [6, 6.07) is 17.1. The van der Waals surface area contributed by atoms with E-state index in [1.807, 2.05) is 43.3 Å². The number of rotatable bonds is 7.